The molecule has 0 spiro atoms. The van der Waals surface area contributed by atoms with Gasteiger partial charge >= 0.3 is 0 Å². The Hall–Kier alpha value is -3.31. The zero-order valence-corrected chi connectivity index (χ0v) is 18.3. The summed E-state index contributed by atoms with van der Waals surface area (Å²) in [5.41, 5.74) is 1.18. The molecule has 0 radical (unpaired) electrons. The van der Waals surface area contributed by atoms with Gasteiger partial charge in [-0.3, -0.25) is 4.79 Å². The Kier molecular flexibility index (Phi) is 5.81. The molecule has 33 heavy (non-hydrogen) atoms. The van der Waals surface area contributed by atoms with Crippen molar-refractivity contribution < 1.29 is 15.3 Å². The molecule has 0 amide bonds. The summed E-state index contributed by atoms with van der Waals surface area (Å²) >= 11 is 1.38. The Morgan fingerprint density at radius 3 is 2.52 bits per heavy atom. The third-order valence-electron chi connectivity index (χ3n) is 5.79. The average molecular weight is 466 g/mol. The lowest BCUT2D eigenvalue weighted by molar-refractivity contribution is 0.00445. The Balaban J connectivity index is 1.55. The summed E-state index contributed by atoms with van der Waals surface area (Å²) in [6.07, 6.45) is -1.78. The topological polar surface area (TPSA) is 133 Å². The number of hydrogen-bond acceptors (Lipinski definition) is 9. The maximum absolute atomic E-state index is 13.2. The predicted octanol–water partition coefficient (Wildman–Crippen LogP) is 2.10. The molecule has 2 aromatic heterocycles. The van der Waals surface area contributed by atoms with E-state index in [2.05, 4.69) is 20.6 Å². The van der Waals surface area contributed by atoms with Crippen LogP contribution in [0.15, 0.2) is 65.5 Å². The van der Waals surface area contributed by atoms with Crippen molar-refractivity contribution in [3.05, 3.63) is 71.0 Å². The molecule has 0 unspecified atom stereocenters. The van der Waals surface area contributed by atoms with E-state index in [0.29, 0.717) is 11.6 Å². The Morgan fingerprint density at radius 2 is 1.79 bits per heavy atom. The van der Waals surface area contributed by atoms with E-state index in [1.807, 2.05) is 54.6 Å². The van der Waals surface area contributed by atoms with E-state index < -0.39 is 24.2 Å². The van der Waals surface area contributed by atoms with Crippen LogP contribution in [-0.4, -0.2) is 54.7 Å². The number of hydrogen-bond donors (Lipinski definition) is 5. The highest BCUT2D eigenvalue weighted by Gasteiger charge is 2.41. The van der Waals surface area contributed by atoms with Crippen molar-refractivity contribution in [3.63, 3.8) is 0 Å². The zero-order chi connectivity index (χ0) is 22.9. The summed E-state index contributed by atoms with van der Waals surface area (Å²) in [7, 11) is 0. The zero-order valence-electron chi connectivity index (χ0n) is 17.5. The minimum absolute atomic E-state index is 0.232. The molecule has 1 saturated carbocycles. The van der Waals surface area contributed by atoms with Crippen LogP contribution in [0.2, 0.25) is 0 Å². The molecular formula is C23H23N5O4S. The van der Waals surface area contributed by atoms with Gasteiger partial charge in [-0.2, -0.15) is 4.98 Å². The summed E-state index contributed by atoms with van der Waals surface area (Å²) in [4.78, 5) is 22.4. The quantitative estimate of drug-likeness (QED) is 0.292. The maximum Gasteiger partial charge on any atom is 0.263 e. The van der Waals surface area contributed by atoms with Crippen molar-refractivity contribution in [1.29, 1.82) is 0 Å². The van der Waals surface area contributed by atoms with Crippen LogP contribution in [0.3, 0.4) is 0 Å². The maximum atomic E-state index is 13.2. The van der Waals surface area contributed by atoms with E-state index in [4.69, 9.17) is 0 Å². The second-order valence-electron chi connectivity index (χ2n) is 8.00. The van der Waals surface area contributed by atoms with Gasteiger partial charge in [-0.15, -0.1) is 0 Å². The molecule has 170 valence electrons. The normalized spacial score (nSPS) is 22.5. The number of rotatable bonds is 6. The summed E-state index contributed by atoms with van der Waals surface area (Å²) in [5.74, 6) is 0.0789. The molecule has 2 aromatic carbocycles. The lowest BCUT2D eigenvalue weighted by Gasteiger charge is -2.20. The van der Waals surface area contributed by atoms with Crippen LogP contribution in [0.4, 0.5) is 17.5 Å². The number of benzene rings is 2. The monoisotopic (exact) mass is 465 g/mol. The first-order chi connectivity index (χ1) is 16.0. The van der Waals surface area contributed by atoms with Gasteiger partial charge in [0.25, 0.3) is 5.56 Å². The fourth-order valence-electron chi connectivity index (χ4n) is 4.07. The largest absolute Gasteiger partial charge is 0.396 e. The van der Waals surface area contributed by atoms with Gasteiger partial charge in [0.2, 0.25) is 11.1 Å². The first-order valence-corrected chi connectivity index (χ1v) is 11.4. The van der Waals surface area contributed by atoms with Gasteiger partial charge in [0.15, 0.2) is 0 Å². The Labute approximate surface area is 193 Å². The molecule has 4 atom stereocenters. The fraction of sp³-hybridized carbons (Fsp3) is 0.261. The van der Waals surface area contributed by atoms with Gasteiger partial charge in [-0.05, 0) is 30.7 Å². The second kappa shape index (κ2) is 8.91. The van der Waals surface area contributed by atoms with Gasteiger partial charge in [0.05, 0.1) is 22.4 Å². The number of aliphatic hydroxyl groups is 3. The molecule has 5 N–H and O–H groups in total. The fourth-order valence-corrected chi connectivity index (χ4v) is 5.04. The number of fused-ring (bicyclic) bond motifs is 1. The number of nitrogens with zero attached hydrogens (tertiary/aromatic N) is 3. The molecule has 1 aliphatic rings. The van der Waals surface area contributed by atoms with Crippen molar-refractivity contribution in [2.75, 3.05) is 17.2 Å². The number of aromatic nitrogens is 3. The van der Waals surface area contributed by atoms with Crippen molar-refractivity contribution in [2.45, 2.75) is 24.7 Å². The summed E-state index contributed by atoms with van der Waals surface area (Å²) in [6, 6.07) is 17.8. The number of para-hydroxylation sites is 2. The number of nitrogens with one attached hydrogen (secondary N) is 2. The second-order valence-corrected chi connectivity index (χ2v) is 9.01. The summed E-state index contributed by atoms with van der Waals surface area (Å²) in [6.45, 7) is -0.232. The number of thiazole rings is 1. The van der Waals surface area contributed by atoms with Crippen molar-refractivity contribution >= 4 is 39.0 Å². The van der Waals surface area contributed by atoms with E-state index in [1.54, 1.807) is 0 Å². The SMILES string of the molecule is O=c1cc(N[C@@H]2C[C@H](CO)[C@@H](O)[C@H]2O)nc(Nc2ccccc2)n1-c1nc2ccccc2s1. The average Bonchev–Trinajstić information content (AvgIpc) is 3.35. The van der Waals surface area contributed by atoms with Gasteiger partial charge in [-0.1, -0.05) is 41.7 Å². The highest BCUT2D eigenvalue weighted by atomic mass is 32.1. The highest BCUT2D eigenvalue weighted by Crippen LogP contribution is 2.30. The van der Waals surface area contributed by atoms with Gasteiger partial charge in [0, 0.05) is 24.3 Å². The van der Waals surface area contributed by atoms with Crippen LogP contribution in [0, 0.1) is 5.92 Å². The van der Waals surface area contributed by atoms with E-state index in [1.165, 1.54) is 22.0 Å². The molecule has 2 heterocycles. The van der Waals surface area contributed by atoms with Gasteiger partial charge in [0.1, 0.15) is 11.9 Å². The lowest BCUT2D eigenvalue weighted by atomic mass is 10.1. The molecule has 1 aliphatic carbocycles. The van der Waals surface area contributed by atoms with Crippen LogP contribution >= 0.6 is 11.3 Å². The molecule has 0 aliphatic heterocycles. The van der Waals surface area contributed by atoms with E-state index in [-0.39, 0.29) is 23.9 Å². The molecule has 0 saturated heterocycles. The molecule has 5 rings (SSSR count). The third-order valence-corrected chi connectivity index (χ3v) is 6.81. The Bertz CT molecular complexity index is 1290. The van der Waals surface area contributed by atoms with Gasteiger partial charge in [-0.25, -0.2) is 9.55 Å². The van der Waals surface area contributed by atoms with Crippen LogP contribution < -0.4 is 16.2 Å². The molecule has 4 aromatic rings. The molecular weight excluding hydrogens is 442 g/mol. The lowest BCUT2D eigenvalue weighted by Crippen LogP contribution is -2.36. The van der Waals surface area contributed by atoms with Crippen molar-refractivity contribution in [1.82, 2.24) is 14.5 Å². The molecule has 10 heteroatoms. The first-order valence-electron chi connectivity index (χ1n) is 10.6. The standard InChI is InChI=1S/C23H23N5O4S/c29-12-13-10-16(21(32)20(13)31)25-18-11-19(30)28(22(27-18)24-14-6-2-1-3-7-14)23-26-15-8-4-5-9-17(15)33-23/h1-9,11,13,16,20-21,25,29,31-32H,10,12H2,(H,24,27)/t13-,16-,20-,21+/m1/s1. The van der Waals surface area contributed by atoms with Crippen molar-refractivity contribution in [3.8, 4) is 5.13 Å². The Morgan fingerprint density at radius 1 is 1.03 bits per heavy atom. The van der Waals surface area contributed by atoms with E-state index in [9.17, 15) is 20.1 Å². The first kappa shape index (κ1) is 21.5. The van der Waals surface area contributed by atoms with Crippen LogP contribution in [-0.2, 0) is 0 Å². The van der Waals surface area contributed by atoms with Crippen LogP contribution in [0.5, 0.6) is 0 Å². The summed E-state index contributed by atoms with van der Waals surface area (Å²) in [5, 5.41) is 36.6. The predicted molar refractivity (Wildman–Crippen MR) is 127 cm³/mol. The third kappa shape index (κ3) is 4.21. The molecule has 1 fully saturated rings. The van der Waals surface area contributed by atoms with Crippen molar-refractivity contribution in [2.24, 2.45) is 5.92 Å². The number of aliphatic hydroxyl groups excluding tert-OH is 3. The van der Waals surface area contributed by atoms with E-state index in [0.717, 1.165) is 15.9 Å². The minimum Gasteiger partial charge on any atom is -0.396 e. The smallest absolute Gasteiger partial charge is 0.263 e. The number of anilines is 3. The van der Waals surface area contributed by atoms with E-state index >= 15 is 0 Å². The molecule has 0 bridgehead atoms. The highest BCUT2D eigenvalue weighted by molar-refractivity contribution is 7.20. The molecule has 9 nitrogen and oxygen atoms in total. The van der Waals surface area contributed by atoms with Gasteiger partial charge < -0.3 is 26.0 Å². The summed E-state index contributed by atoms with van der Waals surface area (Å²) < 4.78 is 2.37. The minimum atomic E-state index is -1.08. The van der Waals surface area contributed by atoms with Crippen LogP contribution in [0.25, 0.3) is 15.3 Å². The van der Waals surface area contributed by atoms with Crippen LogP contribution in [0.1, 0.15) is 6.42 Å².